The highest BCUT2D eigenvalue weighted by Crippen LogP contribution is 2.13. The maximum Gasteiger partial charge on any atom is 0.216 e. The summed E-state index contributed by atoms with van der Waals surface area (Å²) in [6.45, 7) is 2.73. The van der Waals surface area contributed by atoms with Crippen LogP contribution in [0.4, 0.5) is 5.95 Å². The number of benzene rings is 1. The Morgan fingerprint density at radius 3 is 2.78 bits per heavy atom. The van der Waals surface area contributed by atoms with Crippen molar-refractivity contribution in [1.29, 1.82) is 0 Å². The number of hydrogen-bond acceptors (Lipinski definition) is 3. The highest BCUT2D eigenvalue weighted by atomic mass is 16.1. The molecule has 2 N–H and O–H groups in total. The monoisotopic (exact) mass is 244 g/mol. The Kier molecular flexibility index (Phi) is 3.96. The third-order valence-electron chi connectivity index (χ3n) is 2.46. The van der Waals surface area contributed by atoms with Crippen LogP contribution in [0.5, 0.6) is 0 Å². The van der Waals surface area contributed by atoms with Gasteiger partial charge in [-0.2, -0.15) is 0 Å². The molecule has 0 spiro atoms. The molecule has 5 nitrogen and oxygen atoms in total. The van der Waals surface area contributed by atoms with Crippen molar-refractivity contribution >= 4 is 11.9 Å². The number of nitrogens with one attached hydrogen (secondary N) is 2. The van der Waals surface area contributed by atoms with E-state index in [1.807, 2.05) is 41.1 Å². The minimum atomic E-state index is -0.0248. The molecule has 1 amide bonds. The number of amides is 1. The predicted molar refractivity (Wildman–Crippen MR) is 70.7 cm³/mol. The lowest BCUT2D eigenvalue weighted by molar-refractivity contribution is -0.118. The zero-order valence-electron chi connectivity index (χ0n) is 10.3. The van der Waals surface area contributed by atoms with E-state index < -0.39 is 0 Å². The van der Waals surface area contributed by atoms with E-state index in [9.17, 15) is 4.79 Å². The van der Waals surface area contributed by atoms with Crippen molar-refractivity contribution in [3.8, 4) is 5.69 Å². The molecule has 18 heavy (non-hydrogen) atoms. The van der Waals surface area contributed by atoms with Crippen LogP contribution >= 0.6 is 0 Å². The minimum Gasteiger partial charge on any atom is -0.355 e. The van der Waals surface area contributed by atoms with Gasteiger partial charge < -0.3 is 10.6 Å². The average molecular weight is 244 g/mol. The molecule has 94 valence electrons. The van der Waals surface area contributed by atoms with Crippen LogP contribution < -0.4 is 10.6 Å². The maximum absolute atomic E-state index is 10.7. The molecule has 0 bridgehead atoms. The van der Waals surface area contributed by atoms with Crippen molar-refractivity contribution in [3.63, 3.8) is 0 Å². The maximum atomic E-state index is 10.7. The summed E-state index contributed by atoms with van der Waals surface area (Å²) in [5.74, 6) is 0.745. The van der Waals surface area contributed by atoms with Crippen molar-refractivity contribution in [2.45, 2.75) is 6.92 Å². The first-order valence-corrected chi connectivity index (χ1v) is 5.84. The molecule has 2 rings (SSSR count). The van der Waals surface area contributed by atoms with Gasteiger partial charge in [0.15, 0.2) is 0 Å². The lowest BCUT2D eigenvalue weighted by atomic mass is 10.3. The second kappa shape index (κ2) is 5.86. The first-order chi connectivity index (χ1) is 8.77. The number of carbonyl (C=O) groups is 1. The third-order valence-corrected chi connectivity index (χ3v) is 2.46. The van der Waals surface area contributed by atoms with Crippen LogP contribution in [0.25, 0.3) is 5.69 Å². The normalized spacial score (nSPS) is 10.1. The van der Waals surface area contributed by atoms with E-state index in [1.165, 1.54) is 6.92 Å². The number of para-hydroxylation sites is 1. The second-order valence-electron chi connectivity index (χ2n) is 3.87. The fourth-order valence-electron chi connectivity index (χ4n) is 1.64. The Balaban J connectivity index is 1.98. The lowest BCUT2D eigenvalue weighted by Crippen LogP contribution is -2.26. The molecule has 0 unspecified atom stereocenters. The van der Waals surface area contributed by atoms with Crippen LogP contribution in [0.3, 0.4) is 0 Å². The summed E-state index contributed by atoms with van der Waals surface area (Å²) in [6, 6.07) is 9.97. The van der Waals surface area contributed by atoms with Crippen LogP contribution in [0.2, 0.25) is 0 Å². The molecule has 1 heterocycles. The number of anilines is 1. The largest absolute Gasteiger partial charge is 0.355 e. The summed E-state index contributed by atoms with van der Waals surface area (Å²) >= 11 is 0. The van der Waals surface area contributed by atoms with Crippen LogP contribution in [0.15, 0.2) is 42.7 Å². The fraction of sp³-hybridized carbons (Fsp3) is 0.231. The van der Waals surface area contributed by atoms with E-state index in [4.69, 9.17) is 0 Å². The van der Waals surface area contributed by atoms with E-state index in [2.05, 4.69) is 15.6 Å². The molecule has 0 saturated carbocycles. The molecule has 0 atom stereocenters. The molecular formula is C13H16N4O. The molecule has 0 aliphatic heterocycles. The first kappa shape index (κ1) is 12.2. The number of rotatable bonds is 5. The van der Waals surface area contributed by atoms with Crippen molar-refractivity contribution in [1.82, 2.24) is 14.9 Å². The van der Waals surface area contributed by atoms with Gasteiger partial charge in [0.05, 0.1) is 0 Å². The summed E-state index contributed by atoms with van der Waals surface area (Å²) in [6.07, 6.45) is 3.64. The summed E-state index contributed by atoms with van der Waals surface area (Å²) in [5.41, 5.74) is 1.05. The Morgan fingerprint density at radius 2 is 2.06 bits per heavy atom. The first-order valence-electron chi connectivity index (χ1n) is 5.84. The molecule has 5 heteroatoms. The summed E-state index contributed by atoms with van der Waals surface area (Å²) in [4.78, 5) is 15.0. The SMILES string of the molecule is CC(=O)NCCNc1nccn1-c1ccccc1. The van der Waals surface area contributed by atoms with Crippen LogP contribution in [-0.2, 0) is 4.79 Å². The van der Waals surface area contributed by atoms with E-state index in [1.54, 1.807) is 6.20 Å². The molecule has 1 aromatic carbocycles. The number of carbonyl (C=O) groups excluding carboxylic acids is 1. The second-order valence-corrected chi connectivity index (χ2v) is 3.87. The minimum absolute atomic E-state index is 0.0248. The van der Waals surface area contributed by atoms with Gasteiger partial charge in [0.25, 0.3) is 0 Å². The molecule has 0 aliphatic carbocycles. The summed E-state index contributed by atoms with van der Waals surface area (Å²) in [7, 11) is 0. The number of nitrogens with zero attached hydrogens (tertiary/aromatic N) is 2. The summed E-state index contributed by atoms with van der Waals surface area (Å²) in [5, 5.41) is 5.91. The Morgan fingerprint density at radius 1 is 1.28 bits per heavy atom. The van der Waals surface area contributed by atoms with Crippen molar-refractivity contribution in [3.05, 3.63) is 42.7 Å². The highest BCUT2D eigenvalue weighted by Gasteiger charge is 2.03. The van der Waals surface area contributed by atoms with Crippen LogP contribution in [-0.4, -0.2) is 28.5 Å². The number of aromatic nitrogens is 2. The van der Waals surface area contributed by atoms with Gasteiger partial charge >= 0.3 is 0 Å². The van der Waals surface area contributed by atoms with Gasteiger partial charge in [0.1, 0.15) is 0 Å². The Labute approximate surface area is 106 Å². The highest BCUT2D eigenvalue weighted by molar-refractivity contribution is 5.72. The zero-order chi connectivity index (χ0) is 12.8. The van der Waals surface area contributed by atoms with E-state index in [-0.39, 0.29) is 5.91 Å². The molecule has 0 saturated heterocycles. The van der Waals surface area contributed by atoms with Crippen LogP contribution in [0, 0.1) is 0 Å². The smallest absolute Gasteiger partial charge is 0.216 e. The molecule has 2 aromatic rings. The lowest BCUT2D eigenvalue weighted by Gasteiger charge is -2.09. The van der Waals surface area contributed by atoms with E-state index in [0.717, 1.165) is 11.6 Å². The third kappa shape index (κ3) is 3.10. The molecular weight excluding hydrogens is 228 g/mol. The van der Waals surface area contributed by atoms with Crippen LogP contribution in [0.1, 0.15) is 6.92 Å². The number of hydrogen-bond donors (Lipinski definition) is 2. The molecule has 1 aromatic heterocycles. The topological polar surface area (TPSA) is 59.0 Å². The van der Waals surface area contributed by atoms with Gasteiger partial charge in [-0.25, -0.2) is 4.98 Å². The van der Waals surface area contributed by atoms with Gasteiger partial charge in [0, 0.05) is 38.1 Å². The zero-order valence-corrected chi connectivity index (χ0v) is 10.3. The average Bonchev–Trinajstić information content (AvgIpc) is 2.84. The molecule has 0 aliphatic rings. The Bertz CT molecular complexity index is 507. The molecule has 0 radical (unpaired) electrons. The van der Waals surface area contributed by atoms with Gasteiger partial charge in [-0.05, 0) is 12.1 Å². The predicted octanol–water partition coefficient (Wildman–Crippen LogP) is 1.42. The van der Waals surface area contributed by atoms with Gasteiger partial charge in [0.2, 0.25) is 11.9 Å². The van der Waals surface area contributed by atoms with E-state index >= 15 is 0 Å². The quantitative estimate of drug-likeness (QED) is 0.782. The van der Waals surface area contributed by atoms with Crippen molar-refractivity contribution in [2.75, 3.05) is 18.4 Å². The standard InChI is InChI=1S/C13H16N4O/c1-11(18)14-7-8-15-13-16-9-10-17(13)12-5-3-2-4-6-12/h2-6,9-10H,7-8H2,1H3,(H,14,18)(H,15,16). The van der Waals surface area contributed by atoms with Gasteiger partial charge in [-0.3, -0.25) is 9.36 Å². The van der Waals surface area contributed by atoms with Crippen molar-refractivity contribution < 1.29 is 4.79 Å². The number of imidazole rings is 1. The van der Waals surface area contributed by atoms with Crippen molar-refractivity contribution in [2.24, 2.45) is 0 Å². The van der Waals surface area contributed by atoms with Gasteiger partial charge in [-0.1, -0.05) is 18.2 Å². The Hall–Kier alpha value is -2.30. The molecule has 0 fully saturated rings. The van der Waals surface area contributed by atoms with Gasteiger partial charge in [-0.15, -0.1) is 0 Å². The summed E-state index contributed by atoms with van der Waals surface area (Å²) < 4.78 is 1.97. The van der Waals surface area contributed by atoms with E-state index in [0.29, 0.717) is 13.1 Å². The fourth-order valence-corrected chi connectivity index (χ4v) is 1.64.